The maximum absolute atomic E-state index is 13.4. The third-order valence-corrected chi connectivity index (χ3v) is 3.57. The molecule has 1 aliphatic heterocycles. The topological polar surface area (TPSA) is 29.3 Å². The normalized spacial score (nSPS) is 17.5. The van der Waals surface area contributed by atoms with Crippen molar-refractivity contribution in [2.24, 2.45) is 5.73 Å². The zero-order chi connectivity index (χ0) is 12.3. The fourth-order valence-corrected chi connectivity index (χ4v) is 2.57. The fourth-order valence-electron chi connectivity index (χ4n) is 2.57. The number of rotatable bonds is 4. The SMILES string of the molecule is CC(CCN)c1ccc(F)cc1N1CCCC1. The van der Waals surface area contributed by atoms with Crippen LogP contribution >= 0.6 is 0 Å². The van der Waals surface area contributed by atoms with Gasteiger partial charge in [-0.1, -0.05) is 13.0 Å². The summed E-state index contributed by atoms with van der Waals surface area (Å²) in [5, 5.41) is 0. The summed E-state index contributed by atoms with van der Waals surface area (Å²) in [6.45, 7) is 4.94. The van der Waals surface area contributed by atoms with Crippen LogP contribution in [0.4, 0.5) is 10.1 Å². The number of nitrogens with two attached hydrogens (primary N) is 1. The van der Waals surface area contributed by atoms with Crippen molar-refractivity contribution in [3.63, 3.8) is 0 Å². The summed E-state index contributed by atoms with van der Waals surface area (Å²) < 4.78 is 13.4. The number of hydrogen-bond donors (Lipinski definition) is 1. The molecule has 1 fully saturated rings. The van der Waals surface area contributed by atoms with E-state index in [2.05, 4.69) is 11.8 Å². The highest BCUT2D eigenvalue weighted by Crippen LogP contribution is 2.32. The van der Waals surface area contributed by atoms with Gasteiger partial charge in [0.25, 0.3) is 0 Å². The Kier molecular flexibility index (Phi) is 4.00. The summed E-state index contributed by atoms with van der Waals surface area (Å²) in [6, 6.07) is 5.15. The largest absolute Gasteiger partial charge is 0.371 e. The quantitative estimate of drug-likeness (QED) is 0.871. The van der Waals surface area contributed by atoms with Crippen molar-refractivity contribution in [2.45, 2.75) is 32.1 Å². The summed E-state index contributed by atoms with van der Waals surface area (Å²) in [6.07, 6.45) is 3.37. The van der Waals surface area contributed by atoms with Crippen LogP contribution in [-0.4, -0.2) is 19.6 Å². The molecule has 0 amide bonds. The van der Waals surface area contributed by atoms with Crippen molar-refractivity contribution in [1.29, 1.82) is 0 Å². The van der Waals surface area contributed by atoms with E-state index in [1.54, 1.807) is 12.1 Å². The molecule has 3 heteroatoms. The second-order valence-electron chi connectivity index (χ2n) is 4.88. The molecule has 2 rings (SSSR count). The molecule has 1 saturated heterocycles. The summed E-state index contributed by atoms with van der Waals surface area (Å²) >= 11 is 0. The van der Waals surface area contributed by atoms with Gasteiger partial charge in [-0.3, -0.25) is 0 Å². The fraction of sp³-hybridized carbons (Fsp3) is 0.571. The monoisotopic (exact) mass is 236 g/mol. The lowest BCUT2D eigenvalue weighted by molar-refractivity contribution is 0.622. The molecular formula is C14H21FN2. The lowest BCUT2D eigenvalue weighted by Crippen LogP contribution is -2.20. The van der Waals surface area contributed by atoms with E-state index in [0.29, 0.717) is 12.5 Å². The van der Waals surface area contributed by atoms with Crippen LogP contribution in [0.25, 0.3) is 0 Å². The Morgan fingerprint density at radius 2 is 2.06 bits per heavy atom. The third-order valence-electron chi connectivity index (χ3n) is 3.57. The highest BCUT2D eigenvalue weighted by molar-refractivity contribution is 5.56. The van der Waals surface area contributed by atoms with Gasteiger partial charge >= 0.3 is 0 Å². The molecule has 1 heterocycles. The molecule has 1 aromatic rings. The van der Waals surface area contributed by atoms with Gasteiger partial charge in [-0.05, 0) is 49.4 Å². The van der Waals surface area contributed by atoms with Crippen molar-refractivity contribution in [3.05, 3.63) is 29.6 Å². The Morgan fingerprint density at radius 1 is 1.35 bits per heavy atom. The Balaban J connectivity index is 2.29. The molecule has 0 bridgehead atoms. The lowest BCUT2D eigenvalue weighted by Gasteiger charge is -2.24. The van der Waals surface area contributed by atoms with Gasteiger partial charge < -0.3 is 10.6 Å². The lowest BCUT2D eigenvalue weighted by atomic mass is 9.95. The Morgan fingerprint density at radius 3 is 2.71 bits per heavy atom. The van der Waals surface area contributed by atoms with Crippen molar-refractivity contribution in [3.8, 4) is 0 Å². The van der Waals surface area contributed by atoms with E-state index in [0.717, 1.165) is 25.2 Å². The van der Waals surface area contributed by atoms with Crippen LogP contribution in [0, 0.1) is 5.82 Å². The van der Waals surface area contributed by atoms with Gasteiger partial charge in [0.2, 0.25) is 0 Å². The Bertz CT molecular complexity index is 372. The van der Waals surface area contributed by atoms with E-state index in [4.69, 9.17) is 5.73 Å². The second kappa shape index (κ2) is 5.50. The summed E-state index contributed by atoms with van der Waals surface area (Å²) in [7, 11) is 0. The van der Waals surface area contributed by atoms with Gasteiger partial charge in [0.15, 0.2) is 0 Å². The van der Waals surface area contributed by atoms with E-state index in [1.165, 1.54) is 18.4 Å². The average molecular weight is 236 g/mol. The number of nitrogens with zero attached hydrogens (tertiary/aromatic N) is 1. The van der Waals surface area contributed by atoms with Crippen LogP contribution in [-0.2, 0) is 0 Å². The summed E-state index contributed by atoms with van der Waals surface area (Å²) in [4.78, 5) is 2.30. The molecule has 0 aliphatic carbocycles. The van der Waals surface area contributed by atoms with Crippen molar-refractivity contribution in [2.75, 3.05) is 24.5 Å². The van der Waals surface area contributed by atoms with E-state index in [9.17, 15) is 4.39 Å². The zero-order valence-electron chi connectivity index (χ0n) is 10.5. The molecule has 0 saturated carbocycles. The van der Waals surface area contributed by atoms with E-state index >= 15 is 0 Å². The van der Waals surface area contributed by atoms with Crippen molar-refractivity contribution < 1.29 is 4.39 Å². The Hall–Kier alpha value is -1.09. The first-order valence-electron chi connectivity index (χ1n) is 6.47. The molecule has 94 valence electrons. The predicted octanol–water partition coefficient (Wildman–Crippen LogP) is 2.88. The van der Waals surface area contributed by atoms with E-state index < -0.39 is 0 Å². The van der Waals surface area contributed by atoms with Crippen molar-refractivity contribution >= 4 is 5.69 Å². The van der Waals surface area contributed by atoms with Gasteiger partial charge in [0.05, 0.1) is 0 Å². The molecule has 0 spiro atoms. The van der Waals surface area contributed by atoms with Crippen molar-refractivity contribution in [1.82, 2.24) is 0 Å². The van der Waals surface area contributed by atoms with Crippen LogP contribution in [0.5, 0.6) is 0 Å². The molecule has 0 radical (unpaired) electrons. The molecule has 17 heavy (non-hydrogen) atoms. The summed E-state index contributed by atoms with van der Waals surface area (Å²) in [5.41, 5.74) is 7.92. The predicted molar refractivity (Wildman–Crippen MR) is 69.9 cm³/mol. The minimum atomic E-state index is -0.143. The molecule has 1 unspecified atom stereocenters. The highest BCUT2D eigenvalue weighted by Gasteiger charge is 2.19. The van der Waals surface area contributed by atoms with Crippen LogP contribution in [0.15, 0.2) is 18.2 Å². The first kappa shape index (κ1) is 12.4. The first-order valence-corrected chi connectivity index (χ1v) is 6.47. The zero-order valence-corrected chi connectivity index (χ0v) is 10.5. The number of hydrogen-bond acceptors (Lipinski definition) is 2. The number of halogens is 1. The smallest absolute Gasteiger partial charge is 0.125 e. The number of anilines is 1. The average Bonchev–Trinajstić information content (AvgIpc) is 2.82. The molecule has 1 aliphatic rings. The second-order valence-corrected chi connectivity index (χ2v) is 4.88. The van der Waals surface area contributed by atoms with Crippen LogP contribution in [0.3, 0.4) is 0 Å². The van der Waals surface area contributed by atoms with Gasteiger partial charge in [-0.2, -0.15) is 0 Å². The first-order chi connectivity index (χ1) is 8.22. The van der Waals surface area contributed by atoms with Crippen LogP contribution < -0.4 is 10.6 Å². The molecule has 1 aromatic carbocycles. The highest BCUT2D eigenvalue weighted by atomic mass is 19.1. The molecule has 2 nitrogen and oxygen atoms in total. The molecule has 0 aromatic heterocycles. The third kappa shape index (κ3) is 2.78. The van der Waals surface area contributed by atoms with Gasteiger partial charge in [0.1, 0.15) is 5.82 Å². The standard InChI is InChI=1S/C14H21FN2/c1-11(6-7-16)13-5-4-12(15)10-14(13)17-8-2-3-9-17/h4-5,10-11H,2-3,6-9,16H2,1H3. The maximum Gasteiger partial charge on any atom is 0.125 e. The van der Waals surface area contributed by atoms with Gasteiger partial charge in [0, 0.05) is 18.8 Å². The van der Waals surface area contributed by atoms with E-state index in [1.807, 2.05) is 6.07 Å². The Labute approximate surface area is 103 Å². The molecular weight excluding hydrogens is 215 g/mol. The van der Waals surface area contributed by atoms with Gasteiger partial charge in [-0.25, -0.2) is 4.39 Å². The number of benzene rings is 1. The molecule has 2 N–H and O–H groups in total. The van der Waals surface area contributed by atoms with E-state index in [-0.39, 0.29) is 5.82 Å². The minimum absolute atomic E-state index is 0.143. The minimum Gasteiger partial charge on any atom is -0.371 e. The summed E-state index contributed by atoms with van der Waals surface area (Å²) in [5.74, 6) is 0.256. The van der Waals surface area contributed by atoms with Crippen LogP contribution in [0.2, 0.25) is 0 Å². The maximum atomic E-state index is 13.4. The van der Waals surface area contributed by atoms with Gasteiger partial charge in [-0.15, -0.1) is 0 Å². The molecule has 1 atom stereocenters. The van der Waals surface area contributed by atoms with Crippen LogP contribution in [0.1, 0.15) is 37.7 Å².